The summed E-state index contributed by atoms with van der Waals surface area (Å²) >= 11 is 6.35. The molecule has 2 aromatic rings. The van der Waals surface area contributed by atoms with Gasteiger partial charge in [0.25, 0.3) is 0 Å². The number of halogens is 1. The van der Waals surface area contributed by atoms with Crippen LogP contribution in [0.3, 0.4) is 0 Å². The number of aryl methyl sites for hydroxylation is 1. The summed E-state index contributed by atoms with van der Waals surface area (Å²) in [4.78, 5) is 4.06. The van der Waals surface area contributed by atoms with Crippen molar-refractivity contribution in [2.45, 2.75) is 18.2 Å². The molecule has 1 aromatic carbocycles. The van der Waals surface area contributed by atoms with Crippen LogP contribution in [-0.4, -0.2) is 4.98 Å². The molecule has 1 aromatic heterocycles. The van der Waals surface area contributed by atoms with E-state index in [1.54, 1.807) is 6.20 Å². The number of nitrogens with zero attached hydrogens (tertiary/aromatic N) is 1. The van der Waals surface area contributed by atoms with Crippen LogP contribution in [0.1, 0.15) is 22.9 Å². The fourth-order valence-corrected chi connectivity index (χ4v) is 2.03. The molecule has 1 atom stereocenters. The molecule has 0 aliphatic carbocycles. The van der Waals surface area contributed by atoms with E-state index in [1.807, 2.05) is 42.5 Å². The maximum Gasteiger partial charge on any atom is 0.126 e. The van der Waals surface area contributed by atoms with Crippen LogP contribution in [0, 0.1) is 0 Å². The Morgan fingerprint density at radius 1 is 1.12 bits per heavy atom. The fraction of sp³-hybridized carbons (Fsp3) is 0.214. The molecule has 0 fully saturated rings. The van der Waals surface area contributed by atoms with Gasteiger partial charge in [0.15, 0.2) is 0 Å². The summed E-state index contributed by atoms with van der Waals surface area (Å²) in [6, 6.07) is 14.0. The molecule has 0 bridgehead atoms. The monoisotopic (exact) mass is 246 g/mol. The summed E-state index contributed by atoms with van der Waals surface area (Å²) in [5, 5.41) is 0.0239. The van der Waals surface area contributed by atoms with Crippen molar-refractivity contribution in [3.8, 4) is 0 Å². The van der Waals surface area contributed by atoms with Crippen LogP contribution >= 0.6 is 11.6 Å². The average Bonchev–Trinajstić information content (AvgIpc) is 2.38. The summed E-state index contributed by atoms with van der Waals surface area (Å²) in [6.07, 6.45) is 3.42. The number of hydrogen-bond acceptors (Lipinski definition) is 2. The van der Waals surface area contributed by atoms with E-state index >= 15 is 0 Å². The highest BCUT2D eigenvalue weighted by Crippen LogP contribution is 2.26. The minimum atomic E-state index is 0.0239. The van der Waals surface area contributed by atoms with Crippen molar-refractivity contribution in [3.63, 3.8) is 0 Å². The lowest BCUT2D eigenvalue weighted by atomic mass is 10.0. The van der Waals surface area contributed by atoms with Crippen molar-refractivity contribution in [3.05, 3.63) is 59.8 Å². The standard InChI is InChI=1S/C14H15ClN2/c15-13(11-5-2-1-3-6-11)9-8-12-7-4-10-17-14(12)16/h1-7,10,13H,8-9H2,(H2,16,17). The van der Waals surface area contributed by atoms with Crippen molar-refractivity contribution in [2.75, 3.05) is 5.73 Å². The summed E-state index contributed by atoms with van der Waals surface area (Å²) < 4.78 is 0. The molecule has 0 aliphatic heterocycles. The molecule has 88 valence electrons. The van der Waals surface area contributed by atoms with E-state index in [0.29, 0.717) is 5.82 Å². The van der Waals surface area contributed by atoms with Gasteiger partial charge in [0, 0.05) is 6.20 Å². The molecule has 0 aliphatic rings. The molecule has 1 unspecified atom stereocenters. The molecule has 17 heavy (non-hydrogen) atoms. The van der Waals surface area contributed by atoms with Gasteiger partial charge in [-0.15, -0.1) is 11.6 Å². The van der Waals surface area contributed by atoms with E-state index in [1.165, 1.54) is 0 Å². The van der Waals surface area contributed by atoms with Gasteiger partial charge in [-0.2, -0.15) is 0 Å². The highest BCUT2D eigenvalue weighted by molar-refractivity contribution is 6.20. The van der Waals surface area contributed by atoms with Crippen molar-refractivity contribution in [1.29, 1.82) is 0 Å². The van der Waals surface area contributed by atoms with E-state index in [9.17, 15) is 0 Å². The zero-order valence-electron chi connectivity index (χ0n) is 9.51. The van der Waals surface area contributed by atoms with Crippen molar-refractivity contribution in [2.24, 2.45) is 0 Å². The SMILES string of the molecule is Nc1ncccc1CCC(Cl)c1ccccc1. The number of nitrogens with two attached hydrogens (primary N) is 1. The summed E-state index contributed by atoms with van der Waals surface area (Å²) in [5.74, 6) is 0.601. The second-order valence-corrected chi connectivity index (χ2v) is 4.49. The molecule has 2 N–H and O–H groups in total. The number of alkyl halides is 1. The number of pyridine rings is 1. The minimum Gasteiger partial charge on any atom is -0.383 e. The van der Waals surface area contributed by atoms with Crippen LogP contribution in [-0.2, 0) is 6.42 Å². The molecule has 2 nitrogen and oxygen atoms in total. The Hall–Kier alpha value is -1.54. The number of aromatic nitrogens is 1. The molecule has 2 rings (SSSR count). The number of benzene rings is 1. The van der Waals surface area contributed by atoms with Gasteiger partial charge in [-0.25, -0.2) is 4.98 Å². The first kappa shape index (κ1) is 11.9. The van der Waals surface area contributed by atoms with Gasteiger partial charge in [-0.3, -0.25) is 0 Å². The second-order valence-electron chi connectivity index (χ2n) is 3.96. The Labute approximate surface area is 106 Å². The predicted molar refractivity (Wildman–Crippen MR) is 72.0 cm³/mol. The molecule has 0 saturated carbocycles. The fourth-order valence-electron chi connectivity index (χ4n) is 1.77. The summed E-state index contributed by atoms with van der Waals surface area (Å²) in [6.45, 7) is 0. The third-order valence-electron chi connectivity index (χ3n) is 2.75. The molecule has 0 radical (unpaired) electrons. The largest absolute Gasteiger partial charge is 0.383 e. The third-order valence-corrected chi connectivity index (χ3v) is 3.22. The smallest absolute Gasteiger partial charge is 0.126 e. The highest BCUT2D eigenvalue weighted by atomic mass is 35.5. The van der Waals surface area contributed by atoms with E-state index in [0.717, 1.165) is 24.0 Å². The van der Waals surface area contributed by atoms with E-state index < -0.39 is 0 Å². The molecule has 0 spiro atoms. The van der Waals surface area contributed by atoms with Crippen LogP contribution in [0.15, 0.2) is 48.7 Å². The first-order chi connectivity index (χ1) is 8.27. The van der Waals surface area contributed by atoms with Gasteiger partial charge < -0.3 is 5.73 Å². The van der Waals surface area contributed by atoms with E-state index in [2.05, 4.69) is 4.98 Å². The van der Waals surface area contributed by atoms with Crippen molar-refractivity contribution < 1.29 is 0 Å². The van der Waals surface area contributed by atoms with E-state index in [-0.39, 0.29) is 5.38 Å². The predicted octanol–water partition coefficient (Wildman–Crippen LogP) is 3.58. The highest BCUT2D eigenvalue weighted by Gasteiger charge is 2.08. The lowest BCUT2D eigenvalue weighted by molar-refractivity contribution is 0.792. The maximum atomic E-state index is 6.35. The summed E-state index contributed by atoms with van der Waals surface area (Å²) in [7, 11) is 0. The Morgan fingerprint density at radius 3 is 2.59 bits per heavy atom. The quantitative estimate of drug-likeness (QED) is 0.838. The maximum absolute atomic E-state index is 6.35. The van der Waals surface area contributed by atoms with Gasteiger partial charge >= 0.3 is 0 Å². The molecule has 0 amide bonds. The number of nitrogen functional groups attached to an aromatic ring is 1. The van der Waals surface area contributed by atoms with Crippen molar-refractivity contribution >= 4 is 17.4 Å². The normalized spacial score (nSPS) is 12.3. The van der Waals surface area contributed by atoms with Crippen LogP contribution in [0.25, 0.3) is 0 Å². The van der Waals surface area contributed by atoms with Crippen LogP contribution in [0.5, 0.6) is 0 Å². The van der Waals surface area contributed by atoms with Crippen LogP contribution in [0.2, 0.25) is 0 Å². The van der Waals surface area contributed by atoms with Crippen LogP contribution in [0.4, 0.5) is 5.82 Å². The van der Waals surface area contributed by atoms with Gasteiger partial charge in [0.05, 0.1) is 5.38 Å². The second kappa shape index (κ2) is 5.69. The lowest BCUT2D eigenvalue weighted by Crippen LogP contribution is -1.99. The Balaban J connectivity index is 1.97. The van der Waals surface area contributed by atoms with Gasteiger partial charge in [-0.05, 0) is 30.0 Å². The molecule has 1 heterocycles. The Bertz CT molecular complexity index is 471. The number of rotatable bonds is 4. The number of anilines is 1. The lowest BCUT2D eigenvalue weighted by Gasteiger charge is -2.10. The molecule has 0 saturated heterocycles. The molecular weight excluding hydrogens is 232 g/mol. The zero-order valence-corrected chi connectivity index (χ0v) is 10.3. The number of hydrogen-bond donors (Lipinski definition) is 1. The molecule has 3 heteroatoms. The Kier molecular flexibility index (Phi) is 3.99. The van der Waals surface area contributed by atoms with E-state index in [4.69, 9.17) is 17.3 Å². The first-order valence-electron chi connectivity index (χ1n) is 5.66. The zero-order chi connectivity index (χ0) is 12.1. The minimum absolute atomic E-state index is 0.0239. The Morgan fingerprint density at radius 2 is 1.88 bits per heavy atom. The van der Waals surface area contributed by atoms with Crippen LogP contribution < -0.4 is 5.73 Å². The third kappa shape index (κ3) is 3.21. The molecular formula is C14H15ClN2. The average molecular weight is 247 g/mol. The first-order valence-corrected chi connectivity index (χ1v) is 6.09. The van der Waals surface area contributed by atoms with Gasteiger partial charge in [0.1, 0.15) is 5.82 Å². The van der Waals surface area contributed by atoms with Crippen molar-refractivity contribution in [1.82, 2.24) is 4.98 Å². The summed E-state index contributed by atoms with van der Waals surface area (Å²) in [5.41, 5.74) is 8.00. The van der Waals surface area contributed by atoms with Gasteiger partial charge in [-0.1, -0.05) is 36.4 Å². The topological polar surface area (TPSA) is 38.9 Å². The van der Waals surface area contributed by atoms with Gasteiger partial charge in [0.2, 0.25) is 0 Å².